The lowest BCUT2D eigenvalue weighted by Crippen LogP contribution is -2.27. The molecule has 0 aliphatic carbocycles. The molecule has 0 unspecified atom stereocenters. The van der Waals surface area contributed by atoms with E-state index < -0.39 is 5.60 Å². The molecule has 0 bridgehead atoms. The summed E-state index contributed by atoms with van der Waals surface area (Å²) in [6, 6.07) is 14.8. The van der Waals surface area contributed by atoms with E-state index in [1.807, 2.05) is 39.0 Å². The molecule has 0 aliphatic heterocycles. The average molecular weight is 420 g/mol. The lowest BCUT2D eigenvalue weighted by atomic mass is 9.99. The topological polar surface area (TPSA) is 31.2 Å². The minimum atomic E-state index is -0.555. The number of carbonyl (C=O) groups excluding carboxylic acids is 1. The standard InChI is InChI=1S/C26H29NO2S/c1-7-17-13-18(8-2)23-16(3)24(30-22(23)14-17)21-15-19-11-9-10-12-20(19)27(21)25(28)29-26(4,5)6/h9-15H,7-8H2,1-6H3. The van der Waals surface area contributed by atoms with Gasteiger partial charge in [-0.05, 0) is 80.8 Å². The molecule has 0 spiro atoms. The Bertz CT molecular complexity index is 1250. The summed E-state index contributed by atoms with van der Waals surface area (Å²) in [6.07, 6.45) is 1.68. The number of hydrogen-bond donors (Lipinski definition) is 0. The number of carbonyl (C=O) groups is 1. The van der Waals surface area contributed by atoms with Crippen molar-refractivity contribution in [2.75, 3.05) is 0 Å². The van der Waals surface area contributed by atoms with E-state index in [2.05, 4.69) is 45.0 Å². The first-order chi connectivity index (χ1) is 14.2. The molecule has 2 aromatic carbocycles. The zero-order valence-electron chi connectivity index (χ0n) is 18.6. The summed E-state index contributed by atoms with van der Waals surface area (Å²) in [5.74, 6) is 0. The molecule has 30 heavy (non-hydrogen) atoms. The van der Waals surface area contributed by atoms with Crippen molar-refractivity contribution in [3.05, 3.63) is 59.2 Å². The Labute approximate surface area is 182 Å². The van der Waals surface area contributed by atoms with Gasteiger partial charge >= 0.3 is 6.09 Å². The van der Waals surface area contributed by atoms with E-state index in [1.165, 1.54) is 26.8 Å². The van der Waals surface area contributed by atoms with Gasteiger partial charge in [-0.2, -0.15) is 0 Å². The van der Waals surface area contributed by atoms with E-state index in [0.29, 0.717) is 0 Å². The van der Waals surface area contributed by atoms with Gasteiger partial charge in [0.1, 0.15) is 5.60 Å². The average Bonchev–Trinajstić information content (AvgIpc) is 3.23. The number of benzene rings is 2. The summed E-state index contributed by atoms with van der Waals surface area (Å²) < 4.78 is 8.81. The SMILES string of the molecule is CCc1cc(CC)c2c(C)c(-c3cc4ccccc4n3C(=O)OC(C)(C)C)sc2c1. The van der Waals surface area contributed by atoms with Gasteiger partial charge in [0, 0.05) is 10.1 Å². The number of hydrogen-bond acceptors (Lipinski definition) is 3. The van der Waals surface area contributed by atoms with Crippen molar-refractivity contribution >= 4 is 38.4 Å². The highest BCUT2D eigenvalue weighted by Gasteiger charge is 2.25. The largest absolute Gasteiger partial charge is 0.443 e. The van der Waals surface area contributed by atoms with Crippen LogP contribution in [0.25, 0.3) is 31.6 Å². The van der Waals surface area contributed by atoms with Crippen LogP contribution in [0.4, 0.5) is 4.79 Å². The van der Waals surface area contributed by atoms with Gasteiger partial charge in [-0.15, -0.1) is 11.3 Å². The number of rotatable bonds is 3. The van der Waals surface area contributed by atoms with Crippen molar-refractivity contribution < 1.29 is 9.53 Å². The Morgan fingerprint density at radius 3 is 2.47 bits per heavy atom. The number of aromatic nitrogens is 1. The molecule has 0 saturated heterocycles. The van der Waals surface area contributed by atoms with Gasteiger partial charge in [0.15, 0.2) is 0 Å². The first kappa shape index (κ1) is 20.7. The number of ether oxygens (including phenoxy) is 1. The van der Waals surface area contributed by atoms with Crippen LogP contribution in [0.1, 0.15) is 51.3 Å². The summed E-state index contributed by atoms with van der Waals surface area (Å²) in [5, 5.41) is 2.37. The molecule has 4 rings (SSSR count). The first-order valence-corrected chi connectivity index (χ1v) is 11.4. The Balaban J connectivity index is 2.00. The molecule has 0 saturated carbocycles. The second kappa shape index (κ2) is 7.59. The fourth-order valence-electron chi connectivity index (χ4n) is 4.10. The molecule has 4 heteroatoms. The second-order valence-corrected chi connectivity index (χ2v) is 9.85. The first-order valence-electron chi connectivity index (χ1n) is 10.6. The monoisotopic (exact) mass is 419 g/mol. The maximum Gasteiger partial charge on any atom is 0.419 e. The van der Waals surface area contributed by atoms with Gasteiger partial charge in [-0.25, -0.2) is 9.36 Å². The number of para-hydroxylation sites is 1. The Morgan fingerprint density at radius 1 is 1.07 bits per heavy atom. The molecular formula is C26H29NO2S. The molecule has 0 N–H and O–H groups in total. The fraction of sp³-hybridized carbons (Fsp3) is 0.346. The van der Waals surface area contributed by atoms with Crippen molar-refractivity contribution in [1.82, 2.24) is 4.57 Å². The minimum Gasteiger partial charge on any atom is -0.443 e. The van der Waals surface area contributed by atoms with Crippen LogP contribution in [-0.2, 0) is 17.6 Å². The summed E-state index contributed by atoms with van der Waals surface area (Å²) in [6.45, 7) is 12.3. The van der Waals surface area contributed by atoms with Crippen LogP contribution in [0.2, 0.25) is 0 Å². The van der Waals surface area contributed by atoms with E-state index in [9.17, 15) is 4.79 Å². The van der Waals surface area contributed by atoms with E-state index in [1.54, 1.807) is 15.9 Å². The molecule has 0 aliphatic rings. The van der Waals surface area contributed by atoms with Crippen molar-refractivity contribution in [1.29, 1.82) is 0 Å². The quantitative estimate of drug-likeness (QED) is 0.340. The maximum atomic E-state index is 13.2. The number of aryl methyl sites for hydroxylation is 3. The van der Waals surface area contributed by atoms with Crippen molar-refractivity contribution in [2.24, 2.45) is 0 Å². The van der Waals surface area contributed by atoms with Crippen molar-refractivity contribution in [3.8, 4) is 10.6 Å². The number of nitrogens with zero attached hydrogens (tertiary/aromatic N) is 1. The fourth-order valence-corrected chi connectivity index (χ4v) is 5.42. The van der Waals surface area contributed by atoms with Crippen LogP contribution in [0.15, 0.2) is 42.5 Å². The highest BCUT2D eigenvalue weighted by atomic mass is 32.1. The lowest BCUT2D eigenvalue weighted by molar-refractivity contribution is 0.0547. The molecule has 0 fully saturated rings. The van der Waals surface area contributed by atoms with Gasteiger partial charge in [-0.1, -0.05) is 38.1 Å². The van der Waals surface area contributed by atoms with Crippen LogP contribution in [0.5, 0.6) is 0 Å². The molecule has 2 aromatic heterocycles. The second-order valence-electron chi connectivity index (χ2n) is 8.80. The van der Waals surface area contributed by atoms with Gasteiger partial charge in [-0.3, -0.25) is 0 Å². The van der Waals surface area contributed by atoms with Gasteiger partial charge < -0.3 is 4.74 Å². The maximum absolute atomic E-state index is 13.2. The molecule has 3 nitrogen and oxygen atoms in total. The van der Waals surface area contributed by atoms with Gasteiger partial charge in [0.05, 0.1) is 16.1 Å². The van der Waals surface area contributed by atoms with E-state index in [4.69, 9.17) is 4.74 Å². The molecule has 4 aromatic rings. The third-order valence-corrected chi connectivity index (χ3v) is 6.74. The summed E-state index contributed by atoms with van der Waals surface area (Å²) in [7, 11) is 0. The highest BCUT2D eigenvalue weighted by Crippen LogP contribution is 2.42. The van der Waals surface area contributed by atoms with Crippen molar-refractivity contribution in [2.45, 2.75) is 60.0 Å². The van der Waals surface area contributed by atoms with Crippen LogP contribution < -0.4 is 0 Å². The predicted octanol–water partition coefficient (Wildman–Crippen LogP) is 7.74. The molecule has 2 heterocycles. The van der Waals surface area contributed by atoms with E-state index in [0.717, 1.165) is 34.3 Å². The van der Waals surface area contributed by atoms with E-state index in [-0.39, 0.29) is 6.09 Å². The Kier molecular flexibility index (Phi) is 5.23. The van der Waals surface area contributed by atoms with Crippen LogP contribution >= 0.6 is 11.3 Å². The Hall–Kier alpha value is -2.59. The third kappa shape index (κ3) is 3.54. The van der Waals surface area contributed by atoms with Crippen LogP contribution in [0, 0.1) is 6.92 Å². The van der Waals surface area contributed by atoms with E-state index >= 15 is 0 Å². The summed E-state index contributed by atoms with van der Waals surface area (Å²) in [5.41, 5.74) is 5.21. The van der Waals surface area contributed by atoms with Crippen LogP contribution in [-0.4, -0.2) is 16.3 Å². The highest BCUT2D eigenvalue weighted by molar-refractivity contribution is 7.22. The third-order valence-electron chi connectivity index (χ3n) is 5.48. The normalized spacial score (nSPS) is 12.1. The van der Waals surface area contributed by atoms with Gasteiger partial charge in [0.2, 0.25) is 0 Å². The molecule has 0 amide bonds. The molecular weight excluding hydrogens is 390 g/mol. The van der Waals surface area contributed by atoms with Gasteiger partial charge in [0.25, 0.3) is 0 Å². The molecule has 156 valence electrons. The molecule has 0 atom stereocenters. The summed E-state index contributed by atoms with van der Waals surface area (Å²) in [4.78, 5) is 14.4. The van der Waals surface area contributed by atoms with Crippen molar-refractivity contribution in [3.63, 3.8) is 0 Å². The summed E-state index contributed by atoms with van der Waals surface area (Å²) >= 11 is 1.77. The number of thiophene rings is 1. The molecule has 0 radical (unpaired) electrons. The Morgan fingerprint density at radius 2 is 1.80 bits per heavy atom. The smallest absolute Gasteiger partial charge is 0.419 e. The lowest BCUT2D eigenvalue weighted by Gasteiger charge is -2.21. The zero-order chi connectivity index (χ0) is 21.6. The van der Waals surface area contributed by atoms with Crippen LogP contribution in [0.3, 0.4) is 0 Å². The zero-order valence-corrected chi connectivity index (χ0v) is 19.4. The number of fused-ring (bicyclic) bond motifs is 2. The minimum absolute atomic E-state index is 0.333. The predicted molar refractivity (Wildman–Crippen MR) is 128 cm³/mol.